The molecule has 18 heavy (non-hydrogen) atoms. The van der Waals surface area contributed by atoms with Gasteiger partial charge in [0.15, 0.2) is 0 Å². The summed E-state index contributed by atoms with van der Waals surface area (Å²) in [4.78, 5) is 1.12. The van der Waals surface area contributed by atoms with Crippen LogP contribution in [0.2, 0.25) is 0 Å². The molecule has 0 radical (unpaired) electrons. The Hall–Kier alpha value is -1.30. The van der Waals surface area contributed by atoms with Gasteiger partial charge in [-0.25, -0.2) is 4.39 Å². The van der Waals surface area contributed by atoms with Crippen molar-refractivity contribution in [3.05, 3.63) is 29.6 Å². The molecule has 6 heteroatoms. The van der Waals surface area contributed by atoms with Crippen LogP contribution >= 0.6 is 0 Å². The number of rotatable bonds is 4. The van der Waals surface area contributed by atoms with Crippen LogP contribution in [0.15, 0.2) is 18.2 Å². The minimum Gasteiger partial charge on any atom is -0.508 e. The molecule has 0 aliphatic rings. The van der Waals surface area contributed by atoms with Crippen molar-refractivity contribution < 1.29 is 22.7 Å². The third-order valence-electron chi connectivity index (χ3n) is 2.53. The predicted octanol–water partition coefficient (Wildman–Crippen LogP) is 3.30. The molecule has 0 atom stereocenters. The second-order valence-corrected chi connectivity index (χ2v) is 4.39. The first-order valence-electron chi connectivity index (χ1n) is 5.47. The lowest BCUT2D eigenvalue weighted by molar-refractivity contribution is -0.150. The number of alkyl halides is 3. The predicted molar refractivity (Wildman–Crippen MR) is 59.7 cm³/mol. The topological polar surface area (TPSA) is 23.5 Å². The molecule has 0 aliphatic carbocycles. The number of hydrogen-bond acceptors (Lipinski definition) is 2. The summed E-state index contributed by atoms with van der Waals surface area (Å²) in [6.45, 7) is 1.98. The van der Waals surface area contributed by atoms with Crippen molar-refractivity contribution in [2.24, 2.45) is 0 Å². The molecule has 0 saturated heterocycles. The van der Waals surface area contributed by atoms with Crippen LogP contribution in [-0.4, -0.2) is 28.8 Å². The van der Waals surface area contributed by atoms with Gasteiger partial charge in [-0.3, -0.25) is 4.90 Å². The Bertz CT molecular complexity index is 404. The van der Waals surface area contributed by atoms with Gasteiger partial charge in [0.25, 0.3) is 0 Å². The molecule has 1 aromatic rings. The van der Waals surface area contributed by atoms with E-state index in [9.17, 15) is 22.7 Å². The van der Waals surface area contributed by atoms with Crippen LogP contribution in [0, 0.1) is 5.82 Å². The summed E-state index contributed by atoms with van der Waals surface area (Å²) in [6, 6.07) is 2.87. The molecule has 0 amide bonds. The Morgan fingerprint density at radius 1 is 1.28 bits per heavy atom. The van der Waals surface area contributed by atoms with Crippen molar-refractivity contribution in [2.75, 3.05) is 6.54 Å². The summed E-state index contributed by atoms with van der Waals surface area (Å²) in [5, 5.41) is 9.49. The fraction of sp³-hybridized carbons (Fsp3) is 0.500. The summed E-state index contributed by atoms with van der Waals surface area (Å²) in [5.74, 6) is -0.789. The zero-order chi connectivity index (χ0) is 13.9. The van der Waals surface area contributed by atoms with Crippen molar-refractivity contribution in [2.45, 2.75) is 32.6 Å². The normalized spacial score (nSPS) is 12.4. The molecule has 1 aromatic carbocycles. The molecule has 0 unspecified atom stereocenters. The highest BCUT2D eigenvalue weighted by molar-refractivity contribution is 5.32. The number of halogens is 4. The fourth-order valence-electron chi connectivity index (χ4n) is 1.55. The van der Waals surface area contributed by atoms with E-state index in [0.29, 0.717) is 0 Å². The van der Waals surface area contributed by atoms with E-state index in [1.54, 1.807) is 13.8 Å². The summed E-state index contributed by atoms with van der Waals surface area (Å²) >= 11 is 0. The second-order valence-electron chi connectivity index (χ2n) is 4.39. The van der Waals surface area contributed by atoms with Gasteiger partial charge >= 0.3 is 6.18 Å². The molecule has 0 fully saturated rings. The van der Waals surface area contributed by atoms with Crippen LogP contribution in [0.5, 0.6) is 5.75 Å². The smallest absolute Gasteiger partial charge is 0.401 e. The Balaban J connectivity index is 2.86. The lowest BCUT2D eigenvalue weighted by atomic mass is 10.1. The number of aromatic hydroxyl groups is 1. The first-order valence-corrected chi connectivity index (χ1v) is 5.47. The molecule has 0 aromatic heterocycles. The van der Waals surface area contributed by atoms with Crippen LogP contribution in [0.3, 0.4) is 0 Å². The van der Waals surface area contributed by atoms with Crippen LogP contribution in [0.4, 0.5) is 17.6 Å². The average molecular weight is 265 g/mol. The first kappa shape index (κ1) is 14.8. The highest BCUT2D eigenvalue weighted by Crippen LogP contribution is 2.24. The maximum atomic E-state index is 13.0. The standard InChI is InChI=1S/C12H15F4NO/c1-8(2)17(7-12(14,15)16)6-9-5-10(13)3-4-11(9)18/h3-5,8,18H,6-7H2,1-2H3. The molecule has 0 aliphatic heterocycles. The average Bonchev–Trinajstić information content (AvgIpc) is 2.20. The van der Waals surface area contributed by atoms with Crippen LogP contribution in [-0.2, 0) is 6.54 Å². The fourth-order valence-corrected chi connectivity index (χ4v) is 1.55. The number of hydrogen-bond donors (Lipinski definition) is 1. The maximum absolute atomic E-state index is 13.0. The molecule has 1 N–H and O–H groups in total. The first-order chi connectivity index (χ1) is 8.19. The van der Waals surface area contributed by atoms with E-state index in [0.717, 1.165) is 23.1 Å². The Morgan fingerprint density at radius 3 is 2.39 bits per heavy atom. The molecule has 0 heterocycles. The zero-order valence-electron chi connectivity index (χ0n) is 10.1. The van der Waals surface area contributed by atoms with Gasteiger partial charge < -0.3 is 5.11 Å². The summed E-state index contributed by atoms with van der Waals surface area (Å²) in [7, 11) is 0. The van der Waals surface area contributed by atoms with Crippen molar-refractivity contribution >= 4 is 0 Å². The van der Waals surface area contributed by atoms with Crippen LogP contribution < -0.4 is 0 Å². The molecule has 0 spiro atoms. The van der Waals surface area contributed by atoms with E-state index in [2.05, 4.69) is 0 Å². The lowest BCUT2D eigenvalue weighted by Crippen LogP contribution is -2.38. The van der Waals surface area contributed by atoms with Gasteiger partial charge in [0, 0.05) is 18.2 Å². The van der Waals surface area contributed by atoms with Gasteiger partial charge in [-0.05, 0) is 32.0 Å². The number of benzene rings is 1. The van der Waals surface area contributed by atoms with Gasteiger partial charge in [-0.1, -0.05) is 0 Å². The van der Waals surface area contributed by atoms with Crippen molar-refractivity contribution in [1.82, 2.24) is 4.90 Å². The van der Waals surface area contributed by atoms with Gasteiger partial charge in [-0.15, -0.1) is 0 Å². The number of nitrogens with zero attached hydrogens (tertiary/aromatic N) is 1. The van der Waals surface area contributed by atoms with Crippen LogP contribution in [0.25, 0.3) is 0 Å². The summed E-state index contributed by atoms with van der Waals surface area (Å²) in [6.07, 6.45) is -4.33. The minimum absolute atomic E-state index is 0.146. The van der Waals surface area contributed by atoms with Crippen molar-refractivity contribution in [3.63, 3.8) is 0 Å². The molecule has 0 bridgehead atoms. The quantitative estimate of drug-likeness (QED) is 0.844. The minimum atomic E-state index is -4.33. The molecule has 1 rings (SSSR count). The van der Waals surface area contributed by atoms with E-state index in [1.807, 2.05) is 0 Å². The lowest BCUT2D eigenvalue weighted by Gasteiger charge is -2.27. The van der Waals surface area contributed by atoms with Crippen LogP contribution in [0.1, 0.15) is 19.4 Å². The van der Waals surface area contributed by atoms with Crippen molar-refractivity contribution in [1.29, 1.82) is 0 Å². The maximum Gasteiger partial charge on any atom is 0.401 e. The highest BCUT2D eigenvalue weighted by atomic mass is 19.4. The Labute approximate surface area is 103 Å². The monoisotopic (exact) mass is 265 g/mol. The van der Waals surface area contributed by atoms with E-state index >= 15 is 0 Å². The zero-order valence-corrected chi connectivity index (χ0v) is 10.1. The third kappa shape index (κ3) is 4.52. The number of phenolic OH excluding ortho intramolecular Hbond substituents is 1. The van der Waals surface area contributed by atoms with E-state index < -0.39 is 18.5 Å². The largest absolute Gasteiger partial charge is 0.508 e. The van der Waals surface area contributed by atoms with Gasteiger partial charge in [0.1, 0.15) is 11.6 Å². The highest BCUT2D eigenvalue weighted by Gasteiger charge is 2.32. The summed E-state index contributed by atoms with van der Waals surface area (Å²) in [5.41, 5.74) is 0.146. The summed E-state index contributed by atoms with van der Waals surface area (Å²) < 4.78 is 50.1. The molecule has 2 nitrogen and oxygen atoms in total. The van der Waals surface area contributed by atoms with E-state index in [1.165, 1.54) is 0 Å². The molecule has 102 valence electrons. The third-order valence-corrected chi connectivity index (χ3v) is 2.53. The Kier molecular flexibility index (Phi) is 4.56. The SMILES string of the molecule is CC(C)N(Cc1cc(F)ccc1O)CC(F)(F)F. The van der Waals surface area contributed by atoms with Gasteiger partial charge in [0.2, 0.25) is 0 Å². The van der Waals surface area contributed by atoms with Gasteiger partial charge in [0.05, 0.1) is 6.54 Å². The van der Waals surface area contributed by atoms with Crippen molar-refractivity contribution in [3.8, 4) is 5.75 Å². The molecule has 0 saturated carbocycles. The van der Waals surface area contributed by atoms with E-state index in [-0.39, 0.29) is 23.9 Å². The Morgan fingerprint density at radius 2 is 1.89 bits per heavy atom. The molecular formula is C12H15F4NO. The van der Waals surface area contributed by atoms with Gasteiger partial charge in [-0.2, -0.15) is 13.2 Å². The molecular weight excluding hydrogens is 250 g/mol. The second kappa shape index (κ2) is 5.56. The van der Waals surface area contributed by atoms with E-state index in [4.69, 9.17) is 0 Å². The number of phenols is 1.